The molecule has 0 atom stereocenters. The summed E-state index contributed by atoms with van der Waals surface area (Å²) in [4.78, 5) is 37.6. The Morgan fingerprint density at radius 1 is 1.00 bits per heavy atom. The molecule has 1 aromatic rings. The van der Waals surface area contributed by atoms with Crippen molar-refractivity contribution in [3.8, 4) is 0 Å². The zero-order valence-corrected chi connectivity index (χ0v) is 15.4. The molecule has 0 aliphatic rings. The second-order valence-corrected chi connectivity index (χ2v) is 6.11. The molecule has 25 heavy (non-hydrogen) atoms. The van der Waals surface area contributed by atoms with Gasteiger partial charge in [-0.1, -0.05) is 38.0 Å². The lowest BCUT2D eigenvalue weighted by atomic mass is 10.2. The quantitative estimate of drug-likeness (QED) is 0.682. The molecule has 0 heterocycles. The Balaban J connectivity index is 2.43. The zero-order valence-electron chi connectivity index (χ0n) is 15.4. The van der Waals surface area contributed by atoms with Gasteiger partial charge in [0.2, 0.25) is 17.7 Å². The summed E-state index contributed by atoms with van der Waals surface area (Å²) >= 11 is 0. The number of carbonyl (C=O) groups is 3. The van der Waals surface area contributed by atoms with Gasteiger partial charge >= 0.3 is 0 Å². The maximum atomic E-state index is 12.1. The van der Waals surface area contributed by atoms with Crippen molar-refractivity contribution in [3.63, 3.8) is 0 Å². The first-order valence-electron chi connectivity index (χ1n) is 8.87. The Hall–Kier alpha value is -2.37. The van der Waals surface area contributed by atoms with Crippen LogP contribution in [0.3, 0.4) is 0 Å². The third kappa shape index (κ3) is 8.33. The van der Waals surface area contributed by atoms with Crippen molar-refractivity contribution in [2.45, 2.75) is 46.5 Å². The van der Waals surface area contributed by atoms with Gasteiger partial charge in [-0.15, -0.1) is 0 Å². The molecule has 0 aromatic heterocycles. The van der Waals surface area contributed by atoms with E-state index in [9.17, 15) is 14.4 Å². The lowest BCUT2D eigenvalue weighted by Gasteiger charge is -2.21. The van der Waals surface area contributed by atoms with Crippen molar-refractivity contribution in [2.75, 3.05) is 25.0 Å². The highest BCUT2D eigenvalue weighted by Gasteiger charge is 2.16. The van der Waals surface area contributed by atoms with E-state index in [0.29, 0.717) is 18.7 Å². The first-order valence-corrected chi connectivity index (χ1v) is 8.87. The van der Waals surface area contributed by atoms with Gasteiger partial charge in [-0.2, -0.15) is 0 Å². The molecule has 0 spiro atoms. The lowest BCUT2D eigenvalue weighted by molar-refractivity contribution is -0.136. The SMILES string of the molecule is CCCCN(CC(=O)NCC(=O)Nc1ccc(C)cc1)C(=O)CCC. The van der Waals surface area contributed by atoms with Crippen molar-refractivity contribution in [2.24, 2.45) is 0 Å². The molecule has 1 aromatic carbocycles. The van der Waals surface area contributed by atoms with Gasteiger partial charge in [0.25, 0.3) is 0 Å². The van der Waals surface area contributed by atoms with Crippen molar-refractivity contribution >= 4 is 23.4 Å². The number of unbranched alkanes of at least 4 members (excludes halogenated alkanes) is 1. The van der Waals surface area contributed by atoms with E-state index in [2.05, 4.69) is 10.6 Å². The Labute approximate surface area is 150 Å². The first kappa shape index (κ1) is 20.7. The summed E-state index contributed by atoms with van der Waals surface area (Å²) in [7, 11) is 0. The van der Waals surface area contributed by atoms with E-state index < -0.39 is 0 Å². The summed E-state index contributed by atoms with van der Waals surface area (Å²) in [6.45, 7) is 6.39. The number of nitrogens with zero attached hydrogens (tertiary/aromatic N) is 1. The third-order valence-corrected chi connectivity index (χ3v) is 3.71. The standard InChI is InChI=1S/C19H29N3O3/c1-4-6-12-22(19(25)7-5-2)14-18(24)20-13-17(23)21-16-10-8-15(3)9-11-16/h8-11H,4-7,12-14H2,1-3H3,(H,20,24)(H,21,23). The Kier molecular flexibility index (Phi) is 9.29. The number of carbonyl (C=O) groups excluding carboxylic acids is 3. The maximum Gasteiger partial charge on any atom is 0.243 e. The molecule has 6 heteroatoms. The topological polar surface area (TPSA) is 78.5 Å². The fraction of sp³-hybridized carbons (Fsp3) is 0.526. The monoisotopic (exact) mass is 347 g/mol. The van der Waals surface area contributed by atoms with Gasteiger partial charge in [-0.3, -0.25) is 14.4 Å². The van der Waals surface area contributed by atoms with Gasteiger partial charge in [0.05, 0.1) is 13.1 Å². The van der Waals surface area contributed by atoms with Gasteiger partial charge in [0, 0.05) is 18.7 Å². The van der Waals surface area contributed by atoms with Crippen LogP contribution in [-0.2, 0) is 14.4 Å². The second kappa shape index (κ2) is 11.2. The van der Waals surface area contributed by atoms with Crippen LogP contribution in [-0.4, -0.2) is 42.3 Å². The Bertz CT molecular complexity index is 570. The van der Waals surface area contributed by atoms with E-state index in [1.54, 1.807) is 4.90 Å². The van der Waals surface area contributed by atoms with Crippen molar-refractivity contribution in [3.05, 3.63) is 29.8 Å². The maximum absolute atomic E-state index is 12.1. The number of rotatable bonds is 10. The highest BCUT2D eigenvalue weighted by molar-refractivity contribution is 5.95. The summed E-state index contributed by atoms with van der Waals surface area (Å²) in [5.41, 5.74) is 1.79. The smallest absolute Gasteiger partial charge is 0.243 e. The Morgan fingerprint density at radius 2 is 1.68 bits per heavy atom. The first-order chi connectivity index (χ1) is 12.0. The lowest BCUT2D eigenvalue weighted by Crippen LogP contribution is -2.43. The van der Waals surface area contributed by atoms with Crippen LogP contribution in [0.25, 0.3) is 0 Å². The number of hydrogen-bond donors (Lipinski definition) is 2. The van der Waals surface area contributed by atoms with Gasteiger partial charge in [0.1, 0.15) is 0 Å². The summed E-state index contributed by atoms with van der Waals surface area (Å²) in [5.74, 6) is -0.632. The van der Waals surface area contributed by atoms with Gasteiger partial charge in [-0.05, 0) is 31.9 Å². The van der Waals surface area contributed by atoms with Crippen LogP contribution in [0.2, 0.25) is 0 Å². The summed E-state index contributed by atoms with van der Waals surface area (Å²) in [6.07, 6.45) is 3.00. The molecule has 138 valence electrons. The Morgan fingerprint density at radius 3 is 2.28 bits per heavy atom. The minimum absolute atomic E-state index is 0.00333. The highest BCUT2D eigenvalue weighted by atomic mass is 16.2. The van der Waals surface area contributed by atoms with Crippen LogP contribution in [0.15, 0.2) is 24.3 Å². The number of nitrogens with one attached hydrogen (secondary N) is 2. The predicted octanol–water partition coefficient (Wildman–Crippen LogP) is 2.48. The molecule has 1 rings (SSSR count). The van der Waals surface area contributed by atoms with Crippen LogP contribution in [0, 0.1) is 6.92 Å². The summed E-state index contributed by atoms with van der Waals surface area (Å²) in [6, 6.07) is 7.42. The molecule has 0 fully saturated rings. The number of benzene rings is 1. The van der Waals surface area contributed by atoms with Crippen molar-refractivity contribution in [1.82, 2.24) is 10.2 Å². The molecule has 2 N–H and O–H groups in total. The molecule has 0 aliphatic heterocycles. The molecule has 0 unspecified atom stereocenters. The van der Waals surface area contributed by atoms with Gasteiger partial charge in [0.15, 0.2) is 0 Å². The number of hydrogen-bond acceptors (Lipinski definition) is 3. The van der Waals surface area contributed by atoms with Crippen LogP contribution >= 0.6 is 0 Å². The molecular weight excluding hydrogens is 318 g/mol. The number of aryl methyl sites for hydroxylation is 1. The molecule has 3 amide bonds. The third-order valence-electron chi connectivity index (χ3n) is 3.71. The van der Waals surface area contributed by atoms with E-state index >= 15 is 0 Å². The molecule has 0 saturated heterocycles. The van der Waals surface area contributed by atoms with Gasteiger partial charge < -0.3 is 15.5 Å². The highest BCUT2D eigenvalue weighted by Crippen LogP contribution is 2.08. The van der Waals surface area contributed by atoms with Gasteiger partial charge in [-0.25, -0.2) is 0 Å². The van der Waals surface area contributed by atoms with E-state index in [1.807, 2.05) is 45.0 Å². The fourth-order valence-electron chi connectivity index (χ4n) is 2.26. The molecular formula is C19H29N3O3. The van der Waals surface area contributed by atoms with Crippen molar-refractivity contribution in [1.29, 1.82) is 0 Å². The molecule has 6 nitrogen and oxygen atoms in total. The van der Waals surface area contributed by atoms with E-state index in [-0.39, 0.29) is 30.8 Å². The number of amides is 3. The second-order valence-electron chi connectivity index (χ2n) is 6.11. The van der Waals surface area contributed by atoms with Crippen LogP contribution in [0.5, 0.6) is 0 Å². The normalized spacial score (nSPS) is 10.2. The summed E-state index contributed by atoms with van der Waals surface area (Å²) in [5, 5.41) is 5.29. The summed E-state index contributed by atoms with van der Waals surface area (Å²) < 4.78 is 0. The zero-order chi connectivity index (χ0) is 18.7. The molecule has 0 aliphatic carbocycles. The molecule has 0 bridgehead atoms. The average Bonchev–Trinajstić information content (AvgIpc) is 2.59. The van der Waals surface area contributed by atoms with E-state index in [4.69, 9.17) is 0 Å². The van der Waals surface area contributed by atoms with Crippen LogP contribution in [0.1, 0.15) is 45.1 Å². The molecule has 0 saturated carbocycles. The minimum atomic E-state index is -0.320. The van der Waals surface area contributed by atoms with E-state index in [1.165, 1.54) is 0 Å². The average molecular weight is 347 g/mol. The van der Waals surface area contributed by atoms with E-state index in [0.717, 1.165) is 24.8 Å². The molecule has 0 radical (unpaired) electrons. The largest absolute Gasteiger partial charge is 0.345 e. The predicted molar refractivity (Wildman–Crippen MR) is 99.2 cm³/mol. The fourth-order valence-corrected chi connectivity index (χ4v) is 2.26. The van der Waals surface area contributed by atoms with Crippen LogP contribution < -0.4 is 10.6 Å². The van der Waals surface area contributed by atoms with Crippen molar-refractivity contribution < 1.29 is 14.4 Å². The van der Waals surface area contributed by atoms with Crippen LogP contribution in [0.4, 0.5) is 5.69 Å². The number of anilines is 1. The minimum Gasteiger partial charge on any atom is -0.345 e.